The van der Waals surface area contributed by atoms with Crippen molar-refractivity contribution in [1.82, 2.24) is 10.2 Å². The van der Waals surface area contributed by atoms with Crippen LogP contribution in [0, 0.1) is 11.8 Å². The molecule has 35 heavy (non-hydrogen) atoms. The molecule has 0 bridgehead atoms. The fourth-order valence-electron chi connectivity index (χ4n) is 4.94. The Morgan fingerprint density at radius 1 is 1.29 bits per heavy atom. The van der Waals surface area contributed by atoms with Gasteiger partial charge >= 0.3 is 5.97 Å². The van der Waals surface area contributed by atoms with Gasteiger partial charge in [0.05, 0.1) is 24.1 Å². The van der Waals surface area contributed by atoms with Crippen LogP contribution in [-0.4, -0.2) is 68.8 Å². The highest BCUT2D eigenvalue weighted by Gasteiger charge is 2.60. The molecule has 6 atom stereocenters. The molecule has 3 heterocycles. The van der Waals surface area contributed by atoms with Gasteiger partial charge in [0.25, 0.3) is 0 Å². The van der Waals surface area contributed by atoms with Crippen molar-refractivity contribution in [3.05, 3.63) is 46.5 Å². The van der Waals surface area contributed by atoms with Crippen LogP contribution in [0.5, 0.6) is 0 Å². The number of fused-ring (bicyclic) bond motifs is 1. The molecule has 11 heteroatoms. The molecule has 1 unspecified atom stereocenters. The number of hydrogen-bond acceptors (Lipinski definition) is 7. The number of aliphatic hydroxyl groups excluding tert-OH is 1. The lowest BCUT2D eigenvalue weighted by Gasteiger charge is -2.46. The maximum atomic E-state index is 12.8. The third-order valence-corrected chi connectivity index (χ3v) is 8.14. The second kappa shape index (κ2) is 9.84. The summed E-state index contributed by atoms with van der Waals surface area (Å²) in [7, 11) is 0. The fraction of sp³-hybridized carbons (Fsp3) is 0.417. The van der Waals surface area contributed by atoms with Crippen LogP contribution in [-0.2, 0) is 19.2 Å². The zero-order valence-corrected chi connectivity index (χ0v) is 20.1. The molecule has 186 valence electrons. The molecule has 1 aromatic carbocycles. The summed E-state index contributed by atoms with van der Waals surface area (Å²) < 4.78 is 0. The second-order valence-corrected chi connectivity index (χ2v) is 10.4. The summed E-state index contributed by atoms with van der Waals surface area (Å²) in [6.45, 7) is 3.95. The molecule has 0 aliphatic carbocycles. The molecule has 0 radical (unpaired) electrons. The average molecular weight is 501 g/mol. The minimum atomic E-state index is -1.16. The number of nitrogens with two attached hydrogens (primary N) is 1. The molecular formula is C24H28N4O6S. The predicted octanol–water partition coefficient (Wildman–Crippen LogP) is 0.741. The van der Waals surface area contributed by atoms with Gasteiger partial charge in [-0.2, -0.15) is 0 Å². The van der Waals surface area contributed by atoms with Crippen LogP contribution >= 0.6 is 11.8 Å². The minimum Gasteiger partial charge on any atom is -0.477 e. The number of carbonyl (C=O) groups excluding carboxylic acids is 3. The van der Waals surface area contributed by atoms with Crippen molar-refractivity contribution < 1.29 is 29.4 Å². The van der Waals surface area contributed by atoms with Crippen molar-refractivity contribution in [2.24, 2.45) is 17.6 Å². The molecule has 6 N–H and O–H groups in total. The molecule has 3 aliphatic heterocycles. The number of nitrogens with one attached hydrogen (secondary N) is 2. The molecule has 4 rings (SSSR count). The minimum absolute atomic E-state index is 0.00669. The highest BCUT2D eigenvalue weighted by atomic mass is 32.2. The monoisotopic (exact) mass is 500 g/mol. The first-order chi connectivity index (χ1) is 16.6. The molecule has 3 aliphatic rings. The van der Waals surface area contributed by atoms with E-state index >= 15 is 0 Å². The van der Waals surface area contributed by atoms with E-state index < -0.39 is 29.9 Å². The van der Waals surface area contributed by atoms with Gasteiger partial charge in [-0.1, -0.05) is 19.1 Å². The maximum absolute atomic E-state index is 12.8. The maximum Gasteiger partial charge on any atom is 0.353 e. The van der Waals surface area contributed by atoms with E-state index in [1.165, 1.54) is 22.7 Å². The standard InChI is InChI=1S/C24H28N4O6S/c1-11-19-18(12(2)29)23(32)28(19)20(24(33)34)21(11)35-15-9-16(26-10-15)22(31)27-14-6-3-13(4-7-14)5-8-17(25)30/h3-8,11-12,15-16,18-19,26,29H,9-10H2,1-2H3,(H2,25,30)(H,27,31)(H,33,34)/b8-5+/t11-,12-,15+,16+,18-,19?/m1/s1. The lowest BCUT2D eigenvalue weighted by Crippen LogP contribution is -2.63. The zero-order valence-electron chi connectivity index (χ0n) is 19.3. The Morgan fingerprint density at radius 3 is 2.57 bits per heavy atom. The zero-order chi connectivity index (χ0) is 25.4. The van der Waals surface area contributed by atoms with Crippen molar-refractivity contribution in [3.8, 4) is 0 Å². The van der Waals surface area contributed by atoms with Gasteiger partial charge in [0.15, 0.2) is 0 Å². The van der Waals surface area contributed by atoms with Crippen molar-refractivity contribution in [2.45, 2.75) is 43.7 Å². The van der Waals surface area contributed by atoms with Crippen molar-refractivity contribution in [1.29, 1.82) is 0 Å². The van der Waals surface area contributed by atoms with Crippen LogP contribution in [0.15, 0.2) is 40.9 Å². The number of anilines is 1. The fourth-order valence-corrected chi connectivity index (χ4v) is 6.42. The van der Waals surface area contributed by atoms with Crippen LogP contribution < -0.4 is 16.4 Å². The SMILES string of the molecule is C[C@H]1C(S[C@@H]2CN[C@H](C(=O)Nc3ccc(/C=C/C(N)=O)cc3)C2)=C(C(=O)O)N2C(=O)[C@H]([C@@H](C)O)C12. The van der Waals surface area contributed by atoms with E-state index in [4.69, 9.17) is 5.73 Å². The number of thioether (sulfide) groups is 1. The van der Waals surface area contributed by atoms with E-state index in [1.54, 1.807) is 37.3 Å². The molecule has 1 aromatic rings. The van der Waals surface area contributed by atoms with E-state index in [0.717, 1.165) is 5.56 Å². The van der Waals surface area contributed by atoms with Gasteiger partial charge in [-0.25, -0.2) is 4.79 Å². The first-order valence-corrected chi connectivity index (χ1v) is 12.2. The predicted molar refractivity (Wildman–Crippen MR) is 131 cm³/mol. The Labute approximate surface area is 206 Å². The molecule has 2 fully saturated rings. The van der Waals surface area contributed by atoms with Crippen LogP contribution in [0.3, 0.4) is 0 Å². The third kappa shape index (κ3) is 4.84. The Balaban J connectivity index is 1.38. The second-order valence-electron chi connectivity index (χ2n) is 9.06. The van der Waals surface area contributed by atoms with Crippen LogP contribution in [0.1, 0.15) is 25.8 Å². The number of rotatable bonds is 8. The summed E-state index contributed by atoms with van der Waals surface area (Å²) in [6.07, 6.45) is 2.49. The highest BCUT2D eigenvalue weighted by Crippen LogP contribution is 2.51. The van der Waals surface area contributed by atoms with Gasteiger partial charge in [0.2, 0.25) is 17.7 Å². The van der Waals surface area contributed by atoms with E-state index in [0.29, 0.717) is 23.6 Å². The van der Waals surface area contributed by atoms with Crippen molar-refractivity contribution >= 4 is 47.2 Å². The van der Waals surface area contributed by atoms with E-state index in [2.05, 4.69) is 10.6 Å². The number of amides is 3. The topological polar surface area (TPSA) is 162 Å². The molecule has 3 amide bonds. The molecule has 0 saturated carbocycles. The number of nitrogens with zero attached hydrogens (tertiary/aromatic N) is 1. The average Bonchev–Trinajstić information content (AvgIpc) is 3.35. The summed E-state index contributed by atoms with van der Waals surface area (Å²) in [4.78, 5) is 50.0. The smallest absolute Gasteiger partial charge is 0.353 e. The number of primary amides is 1. The molecule has 2 saturated heterocycles. The van der Waals surface area contributed by atoms with Gasteiger partial charge in [0, 0.05) is 34.4 Å². The molecule has 0 spiro atoms. The van der Waals surface area contributed by atoms with E-state index in [-0.39, 0.29) is 34.7 Å². The van der Waals surface area contributed by atoms with Crippen LogP contribution in [0.25, 0.3) is 6.08 Å². The number of carboxylic acids is 1. The van der Waals surface area contributed by atoms with Gasteiger partial charge in [-0.3, -0.25) is 14.4 Å². The number of carbonyl (C=O) groups is 4. The molecule has 0 aromatic heterocycles. The highest BCUT2D eigenvalue weighted by molar-refractivity contribution is 8.03. The summed E-state index contributed by atoms with van der Waals surface area (Å²) >= 11 is 1.40. The van der Waals surface area contributed by atoms with Crippen LogP contribution in [0.2, 0.25) is 0 Å². The molecule has 10 nitrogen and oxygen atoms in total. The summed E-state index contributed by atoms with van der Waals surface area (Å²) in [6, 6.07) is 6.15. The van der Waals surface area contributed by atoms with E-state index in [9.17, 15) is 29.4 Å². The third-order valence-electron chi connectivity index (χ3n) is 6.63. The number of β-lactam (4-membered cyclic amide) rings is 1. The van der Waals surface area contributed by atoms with E-state index in [1.807, 2.05) is 6.92 Å². The lowest BCUT2D eigenvalue weighted by molar-refractivity contribution is -0.163. The summed E-state index contributed by atoms with van der Waals surface area (Å²) in [5, 5.41) is 25.8. The number of carboxylic acid groups (broad SMARTS) is 1. The van der Waals surface area contributed by atoms with Gasteiger partial charge in [-0.05, 0) is 37.1 Å². The lowest BCUT2D eigenvalue weighted by atomic mass is 9.79. The van der Waals surface area contributed by atoms with Crippen LogP contribution in [0.4, 0.5) is 5.69 Å². The first-order valence-electron chi connectivity index (χ1n) is 11.4. The Kier molecular flexibility index (Phi) is 7.02. The van der Waals surface area contributed by atoms with Gasteiger partial charge in [-0.15, -0.1) is 11.8 Å². The van der Waals surface area contributed by atoms with Gasteiger partial charge in [0.1, 0.15) is 5.70 Å². The summed E-state index contributed by atoms with van der Waals surface area (Å²) in [5.74, 6) is -3.07. The number of aliphatic carboxylic acids is 1. The first kappa shape index (κ1) is 25.0. The normalized spacial score (nSPS) is 28.7. The summed E-state index contributed by atoms with van der Waals surface area (Å²) in [5.41, 5.74) is 6.46. The number of hydrogen-bond donors (Lipinski definition) is 5. The number of aliphatic hydroxyl groups is 1. The Hall–Kier alpha value is -3.15. The Bertz CT molecular complexity index is 1120. The molecular weight excluding hydrogens is 472 g/mol. The van der Waals surface area contributed by atoms with Gasteiger partial charge < -0.3 is 31.5 Å². The van der Waals surface area contributed by atoms with Crippen molar-refractivity contribution in [2.75, 3.05) is 11.9 Å². The number of benzene rings is 1. The van der Waals surface area contributed by atoms with Crippen molar-refractivity contribution in [3.63, 3.8) is 0 Å². The largest absolute Gasteiger partial charge is 0.477 e. The quantitative estimate of drug-likeness (QED) is 0.258. The Morgan fingerprint density at radius 2 is 1.97 bits per heavy atom.